The van der Waals surface area contributed by atoms with E-state index in [0.717, 1.165) is 5.56 Å². The van der Waals surface area contributed by atoms with Gasteiger partial charge in [-0.3, -0.25) is 19.5 Å². The highest BCUT2D eigenvalue weighted by atomic mass is 16.5. The molecule has 34 heavy (non-hydrogen) atoms. The third kappa shape index (κ3) is 4.31. The second-order valence-electron chi connectivity index (χ2n) is 9.21. The summed E-state index contributed by atoms with van der Waals surface area (Å²) in [5.74, 6) is -1.09. The molecule has 174 valence electrons. The molecule has 4 rings (SSSR count). The Morgan fingerprint density at radius 2 is 1.71 bits per heavy atom. The fourth-order valence-corrected chi connectivity index (χ4v) is 4.14. The number of aliphatic hydroxyl groups excluding tert-OH is 1. The first-order valence-electron chi connectivity index (χ1n) is 11.3. The van der Waals surface area contributed by atoms with E-state index in [1.54, 1.807) is 48.8 Å². The number of amides is 1. The lowest BCUT2D eigenvalue weighted by Crippen LogP contribution is -2.29. The van der Waals surface area contributed by atoms with Crippen LogP contribution >= 0.6 is 0 Å². The number of rotatable bonds is 5. The Balaban J connectivity index is 1.87. The van der Waals surface area contributed by atoms with Crippen molar-refractivity contribution in [2.45, 2.75) is 39.2 Å². The molecule has 0 spiro atoms. The van der Waals surface area contributed by atoms with Crippen molar-refractivity contribution in [1.82, 2.24) is 4.98 Å². The van der Waals surface area contributed by atoms with E-state index in [4.69, 9.17) is 4.74 Å². The van der Waals surface area contributed by atoms with Crippen LogP contribution in [0.3, 0.4) is 0 Å². The maximum Gasteiger partial charge on any atom is 0.300 e. The monoisotopic (exact) mass is 456 g/mol. The molecule has 6 nitrogen and oxygen atoms in total. The molecule has 0 saturated carbocycles. The summed E-state index contributed by atoms with van der Waals surface area (Å²) in [5, 5.41) is 11.3. The zero-order valence-corrected chi connectivity index (χ0v) is 19.8. The lowest BCUT2D eigenvalue weighted by atomic mass is 9.87. The van der Waals surface area contributed by atoms with Crippen LogP contribution in [-0.4, -0.2) is 28.4 Å². The maximum absolute atomic E-state index is 13.3. The van der Waals surface area contributed by atoms with Gasteiger partial charge >= 0.3 is 0 Å². The predicted molar refractivity (Wildman–Crippen MR) is 132 cm³/mol. The lowest BCUT2D eigenvalue weighted by molar-refractivity contribution is -0.132. The van der Waals surface area contributed by atoms with Crippen LogP contribution in [0.25, 0.3) is 5.76 Å². The number of ether oxygens (including phenoxy) is 1. The van der Waals surface area contributed by atoms with Gasteiger partial charge in [0, 0.05) is 23.6 Å². The van der Waals surface area contributed by atoms with Gasteiger partial charge in [0.05, 0.1) is 18.2 Å². The van der Waals surface area contributed by atoms with Crippen molar-refractivity contribution in [2.24, 2.45) is 0 Å². The molecule has 0 aliphatic carbocycles. The van der Waals surface area contributed by atoms with Crippen LogP contribution in [0.5, 0.6) is 5.75 Å². The highest BCUT2D eigenvalue weighted by molar-refractivity contribution is 6.51. The maximum atomic E-state index is 13.3. The molecular formula is C28H28N2O4. The molecule has 1 fully saturated rings. The summed E-state index contributed by atoms with van der Waals surface area (Å²) in [6.45, 7) is 8.67. The van der Waals surface area contributed by atoms with Crippen LogP contribution in [0.15, 0.2) is 78.6 Å². The zero-order chi connectivity index (χ0) is 24.5. The van der Waals surface area contributed by atoms with Crippen molar-refractivity contribution >= 4 is 23.1 Å². The molecular weight excluding hydrogens is 428 g/mol. The van der Waals surface area contributed by atoms with E-state index in [0.29, 0.717) is 29.2 Å². The van der Waals surface area contributed by atoms with E-state index in [2.05, 4.69) is 25.8 Å². The molecule has 1 saturated heterocycles. The molecule has 2 aromatic carbocycles. The van der Waals surface area contributed by atoms with E-state index < -0.39 is 17.7 Å². The summed E-state index contributed by atoms with van der Waals surface area (Å²) >= 11 is 0. The topological polar surface area (TPSA) is 79.7 Å². The number of carbonyl (C=O) groups excluding carboxylic acids is 2. The Morgan fingerprint density at radius 1 is 1.03 bits per heavy atom. The molecule has 0 radical (unpaired) electrons. The van der Waals surface area contributed by atoms with Gasteiger partial charge in [-0.2, -0.15) is 0 Å². The van der Waals surface area contributed by atoms with Gasteiger partial charge in [-0.1, -0.05) is 45.0 Å². The molecule has 1 unspecified atom stereocenters. The number of aliphatic hydroxyl groups is 1. The van der Waals surface area contributed by atoms with E-state index >= 15 is 0 Å². The number of anilines is 1. The van der Waals surface area contributed by atoms with Gasteiger partial charge in [0.25, 0.3) is 11.7 Å². The predicted octanol–water partition coefficient (Wildman–Crippen LogP) is 5.40. The average Bonchev–Trinajstić information content (AvgIpc) is 3.09. The average molecular weight is 457 g/mol. The van der Waals surface area contributed by atoms with E-state index in [-0.39, 0.29) is 16.7 Å². The number of aromatic nitrogens is 1. The van der Waals surface area contributed by atoms with Crippen molar-refractivity contribution < 1.29 is 19.4 Å². The number of pyridine rings is 1. The second-order valence-corrected chi connectivity index (χ2v) is 9.21. The number of hydrogen-bond donors (Lipinski definition) is 1. The highest BCUT2D eigenvalue weighted by Crippen LogP contribution is 2.42. The molecule has 2 heterocycles. The number of hydrogen-bond acceptors (Lipinski definition) is 5. The Hall–Kier alpha value is -3.93. The molecule has 1 amide bonds. The first kappa shape index (κ1) is 23.2. The number of benzene rings is 2. The minimum Gasteiger partial charge on any atom is -0.507 e. The number of ketones is 1. The highest BCUT2D eigenvalue weighted by Gasteiger charge is 2.47. The Morgan fingerprint density at radius 3 is 2.32 bits per heavy atom. The number of carbonyl (C=O) groups is 2. The van der Waals surface area contributed by atoms with Crippen molar-refractivity contribution in [3.8, 4) is 5.75 Å². The minimum absolute atomic E-state index is 0.0322. The summed E-state index contributed by atoms with van der Waals surface area (Å²) in [6.07, 6.45) is 3.21. The fourth-order valence-electron chi connectivity index (χ4n) is 4.14. The molecule has 1 atom stereocenters. The van der Waals surface area contributed by atoms with Crippen molar-refractivity contribution in [3.63, 3.8) is 0 Å². The quantitative estimate of drug-likeness (QED) is 0.316. The third-order valence-corrected chi connectivity index (χ3v) is 5.90. The van der Waals surface area contributed by atoms with Crippen molar-refractivity contribution in [3.05, 3.63) is 95.3 Å². The molecule has 1 aliphatic heterocycles. The van der Waals surface area contributed by atoms with Gasteiger partial charge in [-0.05, 0) is 59.9 Å². The smallest absolute Gasteiger partial charge is 0.300 e. The number of Topliss-reactive ketones (excluding diaryl/α,β-unsaturated/α-hetero) is 1. The Kier molecular flexibility index (Phi) is 6.24. The van der Waals surface area contributed by atoms with Crippen molar-refractivity contribution in [1.29, 1.82) is 0 Å². The van der Waals surface area contributed by atoms with Gasteiger partial charge < -0.3 is 9.84 Å². The SMILES string of the molecule is CCOc1cccc(/C(O)=C2\C(=O)C(=O)N(c3ccc(C(C)(C)C)cc3)C2c2ccncc2)c1. The van der Waals surface area contributed by atoms with Gasteiger partial charge in [-0.15, -0.1) is 0 Å². The second kappa shape index (κ2) is 9.14. The summed E-state index contributed by atoms with van der Waals surface area (Å²) in [7, 11) is 0. The first-order chi connectivity index (χ1) is 16.2. The first-order valence-corrected chi connectivity index (χ1v) is 11.3. The normalized spacial score (nSPS) is 17.8. The van der Waals surface area contributed by atoms with Gasteiger partial charge in [-0.25, -0.2) is 0 Å². The van der Waals surface area contributed by atoms with E-state index in [1.165, 1.54) is 4.90 Å². The third-order valence-electron chi connectivity index (χ3n) is 5.90. The van der Waals surface area contributed by atoms with Crippen LogP contribution in [-0.2, 0) is 15.0 Å². The van der Waals surface area contributed by atoms with Crippen molar-refractivity contribution in [2.75, 3.05) is 11.5 Å². The Bertz CT molecular complexity index is 1240. The minimum atomic E-state index is -0.792. The van der Waals surface area contributed by atoms with Crippen LogP contribution in [0.2, 0.25) is 0 Å². The largest absolute Gasteiger partial charge is 0.507 e. The van der Waals surface area contributed by atoms with Gasteiger partial charge in [0.2, 0.25) is 0 Å². The lowest BCUT2D eigenvalue weighted by Gasteiger charge is -2.26. The Labute approximate surface area is 199 Å². The van der Waals surface area contributed by atoms with E-state index in [1.807, 2.05) is 31.2 Å². The molecule has 0 bridgehead atoms. The molecule has 6 heteroatoms. The standard InChI is InChI=1S/C28H28N2O4/c1-5-34-22-8-6-7-19(17-22)25(31)23-24(18-13-15-29-16-14-18)30(27(33)26(23)32)21-11-9-20(10-12-21)28(2,3)4/h6-17,24,31H,5H2,1-4H3/b25-23+. The van der Waals surface area contributed by atoms with Gasteiger partial charge in [0.15, 0.2) is 0 Å². The van der Waals surface area contributed by atoms with Crippen LogP contribution in [0, 0.1) is 0 Å². The summed E-state index contributed by atoms with van der Waals surface area (Å²) in [4.78, 5) is 32.1. The zero-order valence-electron chi connectivity index (χ0n) is 19.8. The summed E-state index contributed by atoms with van der Waals surface area (Å²) < 4.78 is 5.54. The number of nitrogens with zero attached hydrogens (tertiary/aromatic N) is 2. The van der Waals surface area contributed by atoms with Gasteiger partial charge in [0.1, 0.15) is 11.5 Å². The fraction of sp³-hybridized carbons (Fsp3) is 0.250. The summed E-state index contributed by atoms with van der Waals surface area (Å²) in [5.41, 5.74) is 2.76. The van der Waals surface area contributed by atoms with Crippen LogP contribution in [0.1, 0.15) is 50.4 Å². The van der Waals surface area contributed by atoms with Crippen LogP contribution in [0.4, 0.5) is 5.69 Å². The summed E-state index contributed by atoms with van der Waals surface area (Å²) in [6, 6.07) is 17.2. The molecule has 1 N–H and O–H groups in total. The molecule has 3 aromatic rings. The molecule has 1 aromatic heterocycles. The molecule has 1 aliphatic rings. The van der Waals surface area contributed by atoms with Crippen LogP contribution < -0.4 is 9.64 Å². The van der Waals surface area contributed by atoms with E-state index in [9.17, 15) is 14.7 Å².